The molecular weight excluding hydrogens is 421 g/mol. The Kier molecular flexibility index (Phi) is 6.50. The molecule has 0 aliphatic carbocycles. The van der Waals surface area contributed by atoms with E-state index in [2.05, 4.69) is 9.36 Å². The first kappa shape index (κ1) is 20.9. The van der Waals surface area contributed by atoms with Crippen LogP contribution in [0.5, 0.6) is 0 Å². The van der Waals surface area contributed by atoms with Crippen molar-refractivity contribution in [3.63, 3.8) is 0 Å². The second-order valence-electron chi connectivity index (χ2n) is 5.85. The third kappa shape index (κ3) is 4.43. The van der Waals surface area contributed by atoms with E-state index in [0.29, 0.717) is 49.0 Å². The monoisotopic (exact) mass is 438 g/mol. The first-order valence-corrected chi connectivity index (χ1v) is 10.3. The van der Waals surface area contributed by atoms with E-state index >= 15 is 0 Å². The molecule has 8 nitrogen and oxygen atoms in total. The van der Waals surface area contributed by atoms with Crippen LogP contribution in [-0.4, -0.2) is 62.8 Å². The van der Waals surface area contributed by atoms with Crippen molar-refractivity contribution in [3.8, 4) is 0 Å². The van der Waals surface area contributed by atoms with Crippen LogP contribution in [0.3, 0.4) is 0 Å². The number of sulfonamides is 1. The van der Waals surface area contributed by atoms with E-state index in [1.165, 1.54) is 7.11 Å². The van der Waals surface area contributed by atoms with Gasteiger partial charge in [-0.25, -0.2) is 30.9 Å². The van der Waals surface area contributed by atoms with Gasteiger partial charge in [-0.3, -0.25) is 4.90 Å². The van der Waals surface area contributed by atoms with Gasteiger partial charge in [0.25, 0.3) is 10.0 Å². The molecule has 0 saturated carbocycles. The van der Waals surface area contributed by atoms with Gasteiger partial charge >= 0.3 is 0 Å². The summed E-state index contributed by atoms with van der Waals surface area (Å²) in [4.78, 5) is 5.21. The number of halogens is 3. The molecule has 1 saturated heterocycles. The normalized spacial score (nSPS) is 15.7. The smallest absolute Gasteiger partial charge is 0.271 e. The molecule has 0 radical (unpaired) electrons. The molecule has 154 valence electrons. The Balaban J connectivity index is 1.89. The summed E-state index contributed by atoms with van der Waals surface area (Å²) in [5, 5.41) is -0.0748. The molecule has 0 amide bonds. The fourth-order valence-corrected chi connectivity index (χ4v) is 4.79. The zero-order chi connectivity index (χ0) is 20.3. The van der Waals surface area contributed by atoms with E-state index in [4.69, 9.17) is 9.47 Å². The summed E-state index contributed by atoms with van der Waals surface area (Å²) in [5.74, 6) is -4.01. The highest BCUT2D eigenvalue weighted by Gasteiger charge is 2.32. The number of morpholine rings is 1. The minimum atomic E-state index is -4.60. The lowest BCUT2D eigenvalue weighted by Crippen LogP contribution is -2.36. The van der Waals surface area contributed by atoms with Crippen molar-refractivity contribution in [1.82, 2.24) is 14.3 Å². The summed E-state index contributed by atoms with van der Waals surface area (Å²) in [6, 6.07) is 0.468. The van der Waals surface area contributed by atoms with E-state index in [0.717, 1.165) is 11.5 Å². The van der Waals surface area contributed by atoms with Crippen LogP contribution in [0.4, 0.5) is 18.3 Å². The van der Waals surface area contributed by atoms with Crippen LogP contribution in [0, 0.1) is 17.5 Å². The maximum atomic E-state index is 14.1. The predicted molar refractivity (Wildman–Crippen MR) is 93.9 cm³/mol. The number of ether oxygens (including phenoxy) is 2. The van der Waals surface area contributed by atoms with Crippen molar-refractivity contribution < 1.29 is 31.1 Å². The molecule has 3 rings (SSSR count). The van der Waals surface area contributed by atoms with Gasteiger partial charge in [-0.1, -0.05) is 0 Å². The maximum absolute atomic E-state index is 14.1. The van der Waals surface area contributed by atoms with Gasteiger partial charge in [0.15, 0.2) is 17.5 Å². The molecule has 13 heteroatoms. The number of rotatable bonds is 7. The van der Waals surface area contributed by atoms with Crippen LogP contribution in [-0.2, 0) is 26.0 Å². The fraction of sp³-hybridized carbons (Fsp3) is 0.467. The van der Waals surface area contributed by atoms with Gasteiger partial charge in [-0.15, -0.1) is 0 Å². The molecule has 1 fully saturated rings. The zero-order valence-corrected chi connectivity index (χ0v) is 16.4. The third-order valence-corrected chi connectivity index (χ3v) is 6.55. The Labute approximate surface area is 163 Å². The average molecular weight is 438 g/mol. The Bertz CT molecular complexity index is 935. The topological polar surface area (TPSA) is 84.9 Å². The van der Waals surface area contributed by atoms with Gasteiger partial charge in [0.1, 0.15) is 17.4 Å². The Morgan fingerprint density at radius 3 is 2.57 bits per heavy atom. The van der Waals surface area contributed by atoms with Crippen molar-refractivity contribution in [1.29, 1.82) is 0 Å². The largest absolute Gasteiger partial charge is 0.379 e. The first-order chi connectivity index (χ1) is 13.3. The molecule has 0 N–H and O–H groups in total. The van der Waals surface area contributed by atoms with Gasteiger partial charge in [0.2, 0.25) is 5.13 Å². The quantitative estimate of drug-likeness (QED) is 0.479. The second-order valence-corrected chi connectivity index (χ2v) is 8.41. The number of hydrogen-bond donors (Lipinski definition) is 0. The minimum Gasteiger partial charge on any atom is -0.379 e. The molecule has 1 aromatic carbocycles. The van der Waals surface area contributed by atoms with E-state index < -0.39 is 39.1 Å². The van der Waals surface area contributed by atoms with Crippen molar-refractivity contribution >= 4 is 26.7 Å². The zero-order valence-electron chi connectivity index (χ0n) is 14.8. The molecule has 0 unspecified atom stereocenters. The van der Waals surface area contributed by atoms with Gasteiger partial charge in [0, 0.05) is 43.9 Å². The number of methoxy groups -OCH3 is 1. The van der Waals surface area contributed by atoms with Gasteiger partial charge in [-0.05, 0) is 0 Å². The minimum absolute atomic E-state index is 0.0748. The van der Waals surface area contributed by atoms with Crippen LogP contribution in [0.15, 0.2) is 17.0 Å². The molecule has 2 aromatic rings. The molecule has 0 bridgehead atoms. The third-order valence-electron chi connectivity index (χ3n) is 3.93. The number of hydrogen-bond acceptors (Lipinski definition) is 8. The first-order valence-electron chi connectivity index (χ1n) is 8.12. The lowest BCUT2D eigenvalue weighted by molar-refractivity contribution is 0.0332. The van der Waals surface area contributed by atoms with Crippen LogP contribution in [0.2, 0.25) is 0 Å². The standard InChI is InChI=1S/C15H17F3N4O4S2/c1-25-9-22(28(23,24)13-7-11(17)10(16)6-12(13)18)15-19-14(20-27-15)8-21-2-4-26-5-3-21/h6-7H,2-5,8-9H2,1H3. The highest BCUT2D eigenvalue weighted by molar-refractivity contribution is 7.93. The molecule has 28 heavy (non-hydrogen) atoms. The molecule has 0 spiro atoms. The summed E-state index contributed by atoms with van der Waals surface area (Å²) in [7, 11) is -3.37. The van der Waals surface area contributed by atoms with E-state index in [9.17, 15) is 21.6 Å². The number of nitrogens with zero attached hydrogens (tertiary/aromatic N) is 4. The molecule has 1 aliphatic rings. The van der Waals surface area contributed by atoms with Gasteiger partial charge in [0.05, 0.1) is 19.8 Å². The summed E-state index contributed by atoms with van der Waals surface area (Å²) < 4.78 is 81.3. The molecule has 1 aliphatic heterocycles. The van der Waals surface area contributed by atoms with Crippen LogP contribution >= 0.6 is 11.5 Å². The SMILES string of the molecule is COCN(c1nc(CN2CCOCC2)ns1)S(=O)(=O)c1cc(F)c(F)cc1F. The number of aromatic nitrogens is 2. The maximum Gasteiger partial charge on any atom is 0.271 e. The summed E-state index contributed by atoms with van der Waals surface area (Å²) in [6.07, 6.45) is 0. The van der Waals surface area contributed by atoms with Crippen LogP contribution in [0.1, 0.15) is 5.82 Å². The van der Waals surface area contributed by atoms with E-state index in [-0.39, 0.29) is 11.2 Å². The highest BCUT2D eigenvalue weighted by Crippen LogP contribution is 2.28. The molecule has 2 heterocycles. The van der Waals surface area contributed by atoms with Crippen molar-refractivity contribution in [2.75, 3.05) is 44.4 Å². The van der Waals surface area contributed by atoms with Crippen LogP contribution < -0.4 is 4.31 Å². The number of benzene rings is 1. The molecular formula is C15H17F3N4O4S2. The average Bonchev–Trinajstić information content (AvgIpc) is 3.11. The molecule has 1 aromatic heterocycles. The Hall–Kier alpha value is -1.80. The summed E-state index contributed by atoms with van der Waals surface area (Å²) >= 11 is 0.778. The van der Waals surface area contributed by atoms with E-state index in [1.54, 1.807) is 0 Å². The van der Waals surface area contributed by atoms with Crippen molar-refractivity contribution in [2.45, 2.75) is 11.4 Å². The lowest BCUT2D eigenvalue weighted by atomic mass is 10.3. The molecule has 0 atom stereocenters. The number of anilines is 1. The predicted octanol–water partition coefficient (Wildman–Crippen LogP) is 1.59. The highest BCUT2D eigenvalue weighted by atomic mass is 32.2. The van der Waals surface area contributed by atoms with Crippen molar-refractivity contribution in [2.24, 2.45) is 0 Å². The lowest BCUT2D eigenvalue weighted by Gasteiger charge is -2.25. The Morgan fingerprint density at radius 1 is 1.21 bits per heavy atom. The second kappa shape index (κ2) is 8.69. The van der Waals surface area contributed by atoms with Gasteiger partial charge < -0.3 is 9.47 Å². The van der Waals surface area contributed by atoms with E-state index in [1.807, 2.05) is 4.90 Å². The van der Waals surface area contributed by atoms with Crippen molar-refractivity contribution in [3.05, 3.63) is 35.4 Å². The van der Waals surface area contributed by atoms with Crippen LogP contribution in [0.25, 0.3) is 0 Å². The summed E-state index contributed by atoms with van der Waals surface area (Å²) in [5.41, 5.74) is 0. The fourth-order valence-electron chi connectivity index (χ4n) is 2.53. The summed E-state index contributed by atoms with van der Waals surface area (Å²) in [6.45, 7) is 2.42. The van der Waals surface area contributed by atoms with Gasteiger partial charge in [-0.2, -0.15) is 4.37 Å². The Morgan fingerprint density at radius 2 is 1.89 bits per heavy atom.